The number of carbonyl (C=O) groups is 1. The molecule has 1 amide bonds. The maximum Gasteiger partial charge on any atom is 0.410 e. The first-order chi connectivity index (χ1) is 8.89. The quantitative estimate of drug-likeness (QED) is 0.855. The summed E-state index contributed by atoms with van der Waals surface area (Å²) in [6, 6.07) is 1.14. The molecule has 3 unspecified atom stereocenters. The average molecular weight is 268 g/mol. The molecule has 1 saturated heterocycles. The number of hydrogen-bond acceptors (Lipinski definition) is 3. The van der Waals surface area contributed by atoms with Gasteiger partial charge in [-0.15, -0.1) is 0 Å². The zero-order chi connectivity index (χ0) is 14.0. The minimum atomic E-state index is -0.402. The summed E-state index contributed by atoms with van der Waals surface area (Å²) < 4.78 is 5.45. The molecule has 1 aliphatic carbocycles. The van der Waals surface area contributed by atoms with Crippen LogP contribution in [0.4, 0.5) is 4.79 Å². The van der Waals surface area contributed by atoms with Crippen molar-refractivity contribution in [2.24, 2.45) is 5.92 Å². The molecule has 2 rings (SSSR count). The standard InChI is InChI=1S/C15H28N2O2/c1-5-11-9-13(11)16-12-7-6-8-17(10-12)14(18)19-15(2,3)4/h11-13,16H,5-10H2,1-4H3. The maximum atomic E-state index is 12.1. The van der Waals surface area contributed by atoms with Crippen LogP contribution in [0.1, 0.15) is 53.4 Å². The summed E-state index contributed by atoms with van der Waals surface area (Å²) in [6.45, 7) is 9.62. The van der Waals surface area contributed by atoms with Gasteiger partial charge in [-0.25, -0.2) is 4.79 Å². The number of piperidine rings is 1. The molecule has 0 spiro atoms. The smallest absolute Gasteiger partial charge is 0.410 e. The Balaban J connectivity index is 1.78. The molecule has 1 saturated carbocycles. The Kier molecular flexibility index (Phi) is 4.39. The van der Waals surface area contributed by atoms with Crippen molar-refractivity contribution >= 4 is 6.09 Å². The van der Waals surface area contributed by atoms with Crippen LogP contribution in [0.25, 0.3) is 0 Å². The number of nitrogens with zero attached hydrogens (tertiary/aromatic N) is 1. The lowest BCUT2D eigenvalue weighted by Crippen LogP contribution is -2.50. The van der Waals surface area contributed by atoms with Gasteiger partial charge < -0.3 is 15.0 Å². The highest BCUT2D eigenvalue weighted by Crippen LogP contribution is 2.34. The molecule has 0 radical (unpaired) electrons. The van der Waals surface area contributed by atoms with Crippen LogP contribution < -0.4 is 5.32 Å². The third kappa shape index (κ3) is 4.37. The molecule has 4 heteroatoms. The third-order valence-electron chi connectivity index (χ3n) is 3.97. The molecule has 19 heavy (non-hydrogen) atoms. The van der Waals surface area contributed by atoms with E-state index in [-0.39, 0.29) is 6.09 Å². The van der Waals surface area contributed by atoms with Gasteiger partial charge in [0, 0.05) is 25.2 Å². The van der Waals surface area contributed by atoms with Crippen LogP contribution in [0.2, 0.25) is 0 Å². The summed E-state index contributed by atoms with van der Waals surface area (Å²) >= 11 is 0. The van der Waals surface area contributed by atoms with Crippen LogP contribution in [0.15, 0.2) is 0 Å². The molecule has 0 aromatic carbocycles. The van der Waals surface area contributed by atoms with Crippen LogP contribution in [-0.2, 0) is 4.74 Å². The second kappa shape index (κ2) is 5.70. The van der Waals surface area contributed by atoms with E-state index in [1.807, 2.05) is 25.7 Å². The van der Waals surface area contributed by atoms with E-state index >= 15 is 0 Å². The highest BCUT2D eigenvalue weighted by Gasteiger charge is 2.38. The van der Waals surface area contributed by atoms with Gasteiger partial charge in [0.05, 0.1) is 0 Å². The fourth-order valence-electron chi connectivity index (χ4n) is 2.81. The zero-order valence-electron chi connectivity index (χ0n) is 12.7. The molecule has 3 atom stereocenters. The van der Waals surface area contributed by atoms with Crippen LogP contribution >= 0.6 is 0 Å². The molecular weight excluding hydrogens is 240 g/mol. The second-order valence-electron chi connectivity index (χ2n) is 6.94. The molecule has 1 heterocycles. The Morgan fingerprint density at radius 2 is 2.16 bits per heavy atom. The number of carbonyl (C=O) groups excluding carboxylic acids is 1. The maximum absolute atomic E-state index is 12.1. The highest BCUT2D eigenvalue weighted by molar-refractivity contribution is 5.68. The minimum absolute atomic E-state index is 0.165. The molecule has 1 N–H and O–H groups in total. The van der Waals surface area contributed by atoms with Gasteiger partial charge in [-0.3, -0.25) is 0 Å². The predicted octanol–water partition coefficient (Wildman–Crippen LogP) is 2.77. The molecule has 2 fully saturated rings. The third-order valence-corrected chi connectivity index (χ3v) is 3.97. The summed E-state index contributed by atoms with van der Waals surface area (Å²) in [4.78, 5) is 13.9. The average Bonchev–Trinajstić information content (AvgIpc) is 3.05. The van der Waals surface area contributed by atoms with E-state index in [1.54, 1.807) is 0 Å². The first kappa shape index (κ1) is 14.6. The molecule has 4 nitrogen and oxygen atoms in total. The van der Waals surface area contributed by atoms with E-state index in [0.717, 1.165) is 25.4 Å². The second-order valence-corrected chi connectivity index (χ2v) is 6.94. The van der Waals surface area contributed by atoms with Crippen molar-refractivity contribution in [3.8, 4) is 0 Å². The van der Waals surface area contributed by atoms with Crippen LogP contribution in [0.3, 0.4) is 0 Å². The topological polar surface area (TPSA) is 41.6 Å². The Bertz CT molecular complexity index is 325. The molecule has 0 aromatic rings. The summed E-state index contributed by atoms with van der Waals surface area (Å²) in [5.74, 6) is 0.858. The number of amides is 1. The first-order valence-electron chi connectivity index (χ1n) is 7.63. The van der Waals surface area contributed by atoms with E-state index in [0.29, 0.717) is 12.1 Å². The Hall–Kier alpha value is -0.770. The van der Waals surface area contributed by atoms with Crippen molar-refractivity contribution in [1.29, 1.82) is 0 Å². The molecular formula is C15H28N2O2. The van der Waals surface area contributed by atoms with Crippen LogP contribution in [-0.4, -0.2) is 41.8 Å². The van der Waals surface area contributed by atoms with Gasteiger partial charge in [0.2, 0.25) is 0 Å². The van der Waals surface area contributed by atoms with Crippen molar-refractivity contribution in [2.45, 2.75) is 71.1 Å². The minimum Gasteiger partial charge on any atom is -0.444 e. The van der Waals surface area contributed by atoms with Crippen molar-refractivity contribution in [3.63, 3.8) is 0 Å². The summed E-state index contributed by atoms with van der Waals surface area (Å²) in [6.07, 6.45) is 4.65. The lowest BCUT2D eigenvalue weighted by molar-refractivity contribution is 0.0186. The van der Waals surface area contributed by atoms with E-state index in [2.05, 4.69) is 12.2 Å². The molecule has 0 aromatic heterocycles. The number of likely N-dealkylation sites (tertiary alicyclic amines) is 1. The Morgan fingerprint density at radius 1 is 1.42 bits per heavy atom. The molecule has 0 bridgehead atoms. The fraction of sp³-hybridized carbons (Fsp3) is 0.933. The van der Waals surface area contributed by atoms with Gasteiger partial charge >= 0.3 is 6.09 Å². The Labute approximate surface area is 116 Å². The van der Waals surface area contributed by atoms with E-state index in [4.69, 9.17) is 4.74 Å². The van der Waals surface area contributed by atoms with Crippen LogP contribution in [0, 0.1) is 5.92 Å². The van der Waals surface area contributed by atoms with Gasteiger partial charge in [-0.2, -0.15) is 0 Å². The molecule has 110 valence electrons. The number of hydrogen-bond donors (Lipinski definition) is 1. The first-order valence-corrected chi connectivity index (χ1v) is 7.63. The summed E-state index contributed by atoms with van der Waals surface area (Å²) in [5.41, 5.74) is -0.402. The summed E-state index contributed by atoms with van der Waals surface area (Å²) in [7, 11) is 0. The van der Waals surface area contributed by atoms with Crippen molar-refractivity contribution in [2.75, 3.05) is 13.1 Å². The van der Waals surface area contributed by atoms with Crippen LogP contribution in [0.5, 0.6) is 0 Å². The van der Waals surface area contributed by atoms with Gasteiger partial charge in [-0.05, 0) is 46.0 Å². The molecule has 1 aliphatic heterocycles. The van der Waals surface area contributed by atoms with E-state index in [1.165, 1.54) is 19.3 Å². The van der Waals surface area contributed by atoms with Gasteiger partial charge in [-0.1, -0.05) is 13.3 Å². The normalized spacial score (nSPS) is 31.2. The SMILES string of the molecule is CCC1CC1NC1CCCN(C(=O)OC(C)(C)C)C1. The molecule has 2 aliphatic rings. The number of rotatable bonds is 3. The lowest BCUT2D eigenvalue weighted by Gasteiger charge is -2.34. The van der Waals surface area contributed by atoms with Gasteiger partial charge in [0.25, 0.3) is 0 Å². The largest absolute Gasteiger partial charge is 0.444 e. The highest BCUT2D eigenvalue weighted by atomic mass is 16.6. The van der Waals surface area contributed by atoms with Crippen molar-refractivity contribution in [3.05, 3.63) is 0 Å². The van der Waals surface area contributed by atoms with Crippen molar-refractivity contribution < 1.29 is 9.53 Å². The van der Waals surface area contributed by atoms with Crippen molar-refractivity contribution in [1.82, 2.24) is 10.2 Å². The van der Waals surface area contributed by atoms with Gasteiger partial charge in [0.1, 0.15) is 5.60 Å². The Morgan fingerprint density at radius 3 is 2.74 bits per heavy atom. The summed E-state index contributed by atoms with van der Waals surface area (Å²) in [5, 5.41) is 3.69. The van der Waals surface area contributed by atoms with Gasteiger partial charge in [0.15, 0.2) is 0 Å². The van der Waals surface area contributed by atoms with E-state index in [9.17, 15) is 4.79 Å². The number of nitrogens with one attached hydrogen (secondary N) is 1. The van der Waals surface area contributed by atoms with E-state index < -0.39 is 5.60 Å². The number of ether oxygens (including phenoxy) is 1. The zero-order valence-corrected chi connectivity index (χ0v) is 12.7. The fourth-order valence-corrected chi connectivity index (χ4v) is 2.81. The lowest BCUT2D eigenvalue weighted by atomic mass is 10.1. The monoisotopic (exact) mass is 268 g/mol. The predicted molar refractivity (Wildman–Crippen MR) is 76.2 cm³/mol.